The van der Waals surface area contributed by atoms with Crippen LogP contribution >= 0.6 is 0 Å². The highest BCUT2D eigenvalue weighted by Crippen LogP contribution is 2.38. The molecule has 18 heavy (non-hydrogen) atoms. The van der Waals surface area contributed by atoms with Gasteiger partial charge in [-0.25, -0.2) is 9.97 Å². The largest absolute Gasteiger partial charge is 0.379 e. The van der Waals surface area contributed by atoms with Crippen molar-refractivity contribution in [2.75, 3.05) is 25.1 Å². The zero-order valence-corrected chi connectivity index (χ0v) is 11.2. The lowest BCUT2D eigenvalue weighted by atomic mass is 9.96. The van der Waals surface area contributed by atoms with Crippen molar-refractivity contribution in [3.63, 3.8) is 0 Å². The van der Waals surface area contributed by atoms with E-state index in [1.807, 2.05) is 12.3 Å². The topological polar surface area (TPSA) is 38.2 Å². The van der Waals surface area contributed by atoms with Gasteiger partial charge in [0.25, 0.3) is 0 Å². The summed E-state index contributed by atoms with van der Waals surface area (Å²) >= 11 is 0. The molecule has 0 radical (unpaired) electrons. The minimum Gasteiger partial charge on any atom is -0.379 e. The molecule has 0 spiro atoms. The lowest BCUT2D eigenvalue weighted by Crippen LogP contribution is -2.44. The molecule has 98 valence electrons. The van der Waals surface area contributed by atoms with E-state index in [9.17, 15) is 0 Å². The predicted octanol–water partition coefficient (Wildman–Crippen LogP) is 2.22. The van der Waals surface area contributed by atoms with Crippen LogP contribution in [-0.2, 0) is 4.74 Å². The number of anilines is 1. The highest BCUT2D eigenvalue weighted by Gasteiger charge is 2.29. The first-order valence-corrected chi connectivity index (χ1v) is 6.88. The molecule has 1 aliphatic carbocycles. The van der Waals surface area contributed by atoms with Crippen LogP contribution in [0.1, 0.15) is 37.9 Å². The highest BCUT2D eigenvalue weighted by atomic mass is 16.5. The van der Waals surface area contributed by atoms with Gasteiger partial charge in [0.05, 0.1) is 6.10 Å². The first-order chi connectivity index (χ1) is 8.78. The first kappa shape index (κ1) is 11.9. The number of nitrogens with zero attached hydrogens (tertiary/aromatic N) is 3. The number of rotatable bonds is 3. The van der Waals surface area contributed by atoms with Crippen LogP contribution < -0.4 is 4.90 Å². The molecule has 1 aromatic rings. The van der Waals surface area contributed by atoms with Gasteiger partial charge in [-0.1, -0.05) is 6.92 Å². The quantitative estimate of drug-likeness (QED) is 0.821. The number of methoxy groups -OCH3 is 1. The summed E-state index contributed by atoms with van der Waals surface area (Å²) in [5, 5.41) is 0. The Kier molecular flexibility index (Phi) is 3.20. The summed E-state index contributed by atoms with van der Waals surface area (Å²) in [6.07, 6.45) is 5.89. The molecular weight excluding hydrogens is 226 g/mol. The first-order valence-electron chi connectivity index (χ1n) is 6.88. The number of ether oxygens (including phenoxy) is 1. The molecule has 1 aliphatic heterocycles. The maximum atomic E-state index is 5.56. The summed E-state index contributed by atoms with van der Waals surface area (Å²) in [6, 6.07) is 2.02. The van der Waals surface area contributed by atoms with Crippen LogP contribution in [0.3, 0.4) is 0 Å². The summed E-state index contributed by atoms with van der Waals surface area (Å²) < 4.78 is 5.56. The van der Waals surface area contributed by atoms with Gasteiger partial charge >= 0.3 is 0 Å². The van der Waals surface area contributed by atoms with Crippen molar-refractivity contribution in [1.29, 1.82) is 0 Å². The molecule has 2 unspecified atom stereocenters. The normalized spacial score (nSPS) is 28.4. The minimum atomic E-state index is 0.318. The third-order valence-electron chi connectivity index (χ3n) is 4.12. The smallest absolute Gasteiger partial charge is 0.133 e. The molecule has 0 aromatic carbocycles. The van der Waals surface area contributed by atoms with Crippen LogP contribution in [0.4, 0.5) is 5.82 Å². The third kappa shape index (κ3) is 2.34. The Labute approximate surface area is 108 Å². The molecule has 2 aliphatic rings. The van der Waals surface area contributed by atoms with Crippen LogP contribution in [0.15, 0.2) is 12.3 Å². The zero-order valence-electron chi connectivity index (χ0n) is 11.2. The van der Waals surface area contributed by atoms with Crippen LogP contribution in [0, 0.1) is 5.92 Å². The molecule has 4 nitrogen and oxygen atoms in total. The number of hydrogen-bond acceptors (Lipinski definition) is 4. The fourth-order valence-corrected chi connectivity index (χ4v) is 2.63. The van der Waals surface area contributed by atoms with Gasteiger partial charge in [0.1, 0.15) is 11.6 Å². The SMILES string of the molecule is COC1CN(c2ccnc(C3CC3)n2)CCC1C. The summed E-state index contributed by atoms with van der Waals surface area (Å²) in [5.41, 5.74) is 0. The van der Waals surface area contributed by atoms with E-state index < -0.39 is 0 Å². The summed E-state index contributed by atoms with van der Waals surface area (Å²) in [7, 11) is 1.81. The average Bonchev–Trinajstić information content (AvgIpc) is 3.24. The lowest BCUT2D eigenvalue weighted by molar-refractivity contribution is 0.0496. The highest BCUT2D eigenvalue weighted by molar-refractivity contribution is 5.39. The van der Waals surface area contributed by atoms with E-state index in [0.717, 1.165) is 24.7 Å². The second-order valence-corrected chi connectivity index (χ2v) is 5.53. The van der Waals surface area contributed by atoms with Gasteiger partial charge in [0.15, 0.2) is 0 Å². The lowest BCUT2D eigenvalue weighted by Gasteiger charge is -2.36. The van der Waals surface area contributed by atoms with Crippen molar-refractivity contribution in [3.8, 4) is 0 Å². The predicted molar refractivity (Wildman–Crippen MR) is 70.8 cm³/mol. The van der Waals surface area contributed by atoms with Crippen molar-refractivity contribution in [2.24, 2.45) is 5.92 Å². The van der Waals surface area contributed by atoms with Crippen molar-refractivity contribution < 1.29 is 4.74 Å². The molecule has 4 heteroatoms. The molecule has 1 saturated heterocycles. The van der Waals surface area contributed by atoms with Gasteiger partial charge in [-0.2, -0.15) is 0 Å². The molecular formula is C14H21N3O. The van der Waals surface area contributed by atoms with Gasteiger partial charge in [0, 0.05) is 32.3 Å². The van der Waals surface area contributed by atoms with Crippen molar-refractivity contribution in [1.82, 2.24) is 9.97 Å². The molecule has 3 rings (SSSR count). The Bertz CT molecular complexity index is 419. The van der Waals surface area contributed by atoms with E-state index in [1.165, 1.54) is 19.3 Å². The van der Waals surface area contributed by atoms with Crippen LogP contribution in [-0.4, -0.2) is 36.3 Å². The molecule has 2 atom stereocenters. The number of aromatic nitrogens is 2. The molecule has 0 N–H and O–H groups in total. The molecule has 1 aromatic heterocycles. The summed E-state index contributed by atoms with van der Waals surface area (Å²) in [4.78, 5) is 11.4. The minimum absolute atomic E-state index is 0.318. The molecule has 0 amide bonds. The Morgan fingerprint density at radius 2 is 2.17 bits per heavy atom. The zero-order chi connectivity index (χ0) is 12.5. The second kappa shape index (κ2) is 4.84. The van der Waals surface area contributed by atoms with Gasteiger partial charge in [-0.3, -0.25) is 0 Å². The number of hydrogen-bond donors (Lipinski definition) is 0. The fraction of sp³-hybridized carbons (Fsp3) is 0.714. The van der Waals surface area contributed by atoms with Crippen LogP contribution in [0.25, 0.3) is 0 Å². The maximum absolute atomic E-state index is 5.56. The second-order valence-electron chi connectivity index (χ2n) is 5.53. The molecule has 0 bridgehead atoms. The fourth-order valence-electron chi connectivity index (χ4n) is 2.63. The van der Waals surface area contributed by atoms with Crippen LogP contribution in [0.2, 0.25) is 0 Å². The van der Waals surface area contributed by atoms with E-state index in [4.69, 9.17) is 9.72 Å². The third-order valence-corrected chi connectivity index (χ3v) is 4.12. The van der Waals surface area contributed by atoms with Gasteiger partial charge in [-0.05, 0) is 31.2 Å². The van der Waals surface area contributed by atoms with E-state index in [2.05, 4.69) is 16.8 Å². The van der Waals surface area contributed by atoms with Gasteiger partial charge in [0.2, 0.25) is 0 Å². The van der Waals surface area contributed by atoms with Crippen molar-refractivity contribution >= 4 is 5.82 Å². The van der Waals surface area contributed by atoms with E-state index >= 15 is 0 Å². The van der Waals surface area contributed by atoms with E-state index in [0.29, 0.717) is 17.9 Å². The Morgan fingerprint density at radius 1 is 1.33 bits per heavy atom. The van der Waals surface area contributed by atoms with E-state index in [1.54, 1.807) is 7.11 Å². The average molecular weight is 247 g/mol. The Balaban J connectivity index is 1.75. The van der Waals surface area contributed by atoms with E-state index in [-0.39, 0.29) is 0 Å². The number of piperidine rings is 1. The molecule has 2 heterocycles. The summed E-state index contributed by atoms with van der Waals surface area (Å²) in [5.74, 6) is 3.35. The van der Waals surface area contributed by atoms with Crippen LogP contribution in [0.5, 0.6) is 0 Å². The monoisotopic (exact) mass is 247 g/mol. The maximum Gasteiger partial charge on any atom is 0.133 e. The standard InChI is InChI=1S/C14H21N3O/c1-10-6-8-17(9-12(10)18-2)13-5-7-15-14(16-13)11-3-4-11/h5,7,10-12H,3-4,6,8-9H2,1-2H3. The van der Waals surface area contributed by atoms with Crippen molar-refractivity contribution in [3.05, 3.63) is 18.1 Å². The van der Waals surface area contributed by atoms with Gasteiger partial charge < -0.3 is 9.64 Å². The summed E-state index contributed by atoms with van der Waals surface area (Å²) in [6.45, 7) is 4.28. The Hall–Kier alpha value is -1.16. The van der Waals surface area contributed by atoms with Crippen molar-refractivity contribution in [2.45, 2.75) is 38.2 Å². The molecule has 2 fully saturated rings. The van der Waals surface area contributed by atoms with Gasteiger partial charge in [-0.15, -0.1) is 0 Å². The molecule has 1 saturated carbocycles. The Morgan fingerprint density at radius 3 is 2.89 bits per heavy atom.